The Kier molecular flexibility index (Phi) is 5.87. The third kappa shape index (κ3) is 5.38. The Labute approximate surface area is 168 Å². The smallest absolute Gasteiger partial charge is 0.371 e. The van der Waals surface area contributed by atoms with Crippen LogP contribution >= 0.6 is 0 Å². The Morgan fingerprint density at radius 1 is 1.10 bits per heavy atom. The first-order chi connectivity index (χ1) is 13.9. The van der Waals surface area contributed by atoms with Gasteiger partial charge in [0, 0.05) is 18.1 Å². The number of carbonyl (C=O) groups is 1. The average Bonchev–Trinajstić information content (AvgIpc) is 2.72. The summed E-state index contributed by atoms with van der Waals surface area (Å²) in [6, 6.07) is 18.2. The molecule has 0 saturated heterocycles. The van der Waals surface area contributed by atoms with E-state index in [0.29, 0.717) is 16.8 Å². The number of nitriles is 1. The van der Waals surface area contributed by atoms with Crippen molar-refractivity contribution in [3.63, 3.8) is 0 Å². The van der Waals surface area contributed by atoms with Crippen LogP contribution in [0.4, 0.5) is 5.69 Å². The predicted molar refractivity (Wildman–Crippen MR) is 106 cm³/mol. The van der Waals surface area contributed by atoms with E-state index in [1.165, 1.54) is 23.2 Å². The monoisotopic (exact) mass is 408 g/mol. The lowest BCUT2D eigenvalue weighted by molar-refractivity contribution is 0.0984. The highest BCUT2D eigenvalue weighted by atomic mass is 32.2. The zero-order valence-corrected chi connectivity index (χ0v) is 15.9. The molecule has 1 aromatic heterocycles. The van der Waals surface area contributed by atoms with Crippen molar-refractivity contribution in [1.82, 2.24) is 4.98 Å². The van der Waals surface area contributed by atoms with Gasteiger partial charge in [0.1, 0.15) is 5.75 Å². The number of rotatable bonds is 6. The van der Waals surface area contributed by atoms with Gasteiger partial charge in [0.25, 0.3) is 5.91 Å². The molecular formula is C20H16N4O4S. The van der Waals surface area contributed by atoms with Crippen molar-refractivity contribution < 1.29 is 17.4 Å². The van der Waals surface area contributed by atoms with E-state index >= 15 is 0 Å². The summed E-state index contributed by atoms with van der Waals surface area (Å²) in [5.74, 6) is -0.201. The number of aromatic nitrogens is 1. The van der Waals surface area contributed by atoms with Crippen molar-refractivity contribution in [2.45, 2.75) is 6.54 Å². The minimum Gasteiger partial charge on any atom is -0.371 e. The number of nitrogens with two attached hydrogens (primary N) is 1. The highest BCUT2D eigenvalue weighted by molar-refractivity contribution is 7.84. The SMILES string of the molecule is N#Cc1ccc(N(Cc2ccc(OS(N)(=O)=O)cc2)C(=O)c2cccnc2)cc1. The first-order valence-corrected chi connectivity index (χ1v) is 9.86. The standard InChI is InChI=1S/C20H16N4O4S/c21-12-15-3-7-18(8-4-15)24(20(25)17-2-1-11-23-13-17)14-16-5-9-19(10-6-16)28-29(22,26)27/h1-11,13H,14H2,(H2,22,26,27). The third-order valence-corrected chi connectivity index (χ3v) is 4.36. The summed E-state index contributed by atoms with van der Waals surface area (Å²) in [5.41, 5.74) is 2.22. The predicted octanol–water partition coefficient (Wildman–Crippen LogP) is 2.38. The Morgan fingerprint density at radius 3 is 2.34 bits per heavy atom. The molecule has 0 aliphatic carbocycles. The normalized spacial score (nSPS) is 10.8. The minimum absolute atomic E-state index is 0.0692. The Morgan fingerprint density at radius 2 is 1.79 bits per heavy atom. The number of pyridine rings is 1. The van der Waals surface area contributed by atoms with Crippen molar-refractivity contribution in [3.8, 4) is 11.8 Å². The lowest BCUT2D eigenvalue weighted by Gasteiger charge is -2.23. The molecule has 0 bridgehead atoms. The van der Waals surface area contributed by atoms with Crippen LogP contribution in [0.2, 0.25) is 0 Å². The average molecular weight is 408 g/mol. The van der Waals surface area contributed by atoms with E-state index in [1.54, 1.807) is 54.7 Å². The molecule has 0 radical (unpaired) electrons. The second kappa shape index (κ2) is 8.52. The molecule has 146 valence electrons. The molecule has 3 aromatic rings. The van der Waals surface area contributed by atoms with Crippen LogP contribution in [0.3, 0.4) is 0 Å². The summed E-state index contributed by atoms with van der Waals surface area (Å²) in [6.07, 6.45) is 3.05. The van der Waals surface area contributed by atoms with E-state index in [9.17, 15) is 13.2 Å². The van der Waals surface area contributed by atoms with E-state index in [-0.39, 0.29) is 18.2 Å². The number of benzene rings is 2. The fourth-order valence-corrected chi connectivity index (χ4v) is 2.99. The molecule has 0 fully saturated rings. The first-order valence-electron chi connectivity index (χ1n) is 8.39. The zero-order chi connectivity index (χ0) is 20.9. The van der Waals surface area contributed by atoms with Gasteiger partial charge in [-0.05, 0) is 54.1 Å². The summed E-state index contributed by atoms with van der Waals surface area (Å²) in [7, 11) is -4.11. The van der Waals surface area contributed by atoms with E-state index in [1.807, 2.05) is 6.07 Å². The van der Waals surface area contributed by atoms with Crippen molar-refractivity contribution >= 4 is 21.9 Å². The van der Waals surface area contributed by atoms with Crippen molar-refractivity contribution in [1.29, 1.82) is 5.26 Å². The molecular weight excluding hydrogens is 392 g/mol. The molecule has 9 heteroatoms. The fourth-order valence-electron chi connectivity index (χ4n) is 2.61. The fraction of sp³-hybridized carbons (Fsp3) is 0.0500. The zero-order valence-electron chi connectivity index (χ0n) is 15.1. The Hall–Kier alpha value is -3.74. The number of hydrogen-bond donors (Lipinski definition) is 1. The molecule has 0 spiro atoms. The van der Waals surface area contributed by atoms with Crippen LogP contribution in [-0.2, 0) is 16.8 Å². The maximum absolute atomic E-state index is 13.1. The lowest BCUT2D eigenvalue weighted by atomic mass is 10.1. The van der Waals surface area contributed by atoms with Crippen LogP contribution in [0.15, 0.2) is 73.1 Å². The van der Waals surface area contributed by atoms with Crippen LogP contribution in [-0.4, -0.2) is 19.3 Å². The molecule has 0 atom stereocenters. The van der Waals surface area contributed by atoms with Gasteiger partial charge in [-0.25, -0.2) is 0 Å². The lowest BCUT2D eigenvalue weighted by Crippen LogP contribution is -2.30. The van der Waals surface area contributed by atoms with Crippen molar-refractivity contribution in [2.75, 3.05) is 4.90 Å². The molecule has 0 aliphatic heterocycles. The summed E-state index contributed by atoms with van der Waals surface area (Å²) in [4.78, 5) is 18.6. The van der Waals surface area contributed by atoms with Gasteiger partial charge in [-0.1, -0.05) is 12.1 Å². The Bertz CT molecular complexity index is 1140. The van der Waals surface area contributed by atoms with E-state index in [0.717, 1.165) is 5.56 Å². The number of amides is 1. The second-order valence-electron chi connectivity index (χ2n) is 6.01. The largest absolute Gasteiger partial charge is 0.380 e. The number of nitrogens with zero attached hydrogens (tertiary/aromatic N) is 3. The topological polar surface area (TPSA) is 126 Å². The van der Waals surface area contributed by atoms with Crippen molar-refractivity contribution in [2.24, 2.45) is 5.14 Å². The molecule has 2 aromatic carbocycles. The molecule has 0 saturated carbocycles. The van der Waals surface area contributed by atoms with Gasteiger partial charge in [0.15, 0.2) is 0 Å². The van der Waals surface area contributed by atoms with E-state index in [4.69, 9.17) is 10.4 Å². The second-order valence-corrected chi connectivity index (χ2v) is 7.16. The molecule has 3 rings (SSSR count). The van der Waals surface area contributed by atoms with Crippen molar-refractivity contribution in [3.05, 3.63) is 89.7 Å². The Balaban J connectivity index is 1.90. The highest BCUT2D eigenvalue weighted by Crippen LogP contribution is 2.22. The number of carbonyl (C=O) groups excluding carboxylic acids is 1. The van der Waals surface area contributed by atoms with Gasteiger partial charge in [-0.15, -0.1) is 0 Å². The summed E-state index contributed by atoms with van der Waals surface area (Å²) < 4.78 is 26.7. The summed E-state index contributed by atoms with van der Waals surface area (Å²) in [6.45, 7) is 0.204. The highest BCUT2D eigenvalue weighted by Gasteiger charge is 2.19. The van der Waals surface area contributed by atoms with Crippen LogP contribution in [0.5, 0.6) is 5.75 Å². The molecule has 0 unspecified atom stereocenters. The first kappa shape index (κ1) is 20.0. The molecule has 1 heterocycles. The maximum atomic E-state index is 13.1. The third-order valence-electron chi connectivity index (χ3n) is 3.94. The van der Waals surface area contributed by atoms with Gasteiger partial charge in [0.2, 0.25) is 0 Å². The van der Waals surface area contributed by atoms with E-state index in [2.05, 4.69) is 9.17 Å². The van der Waals surface area contributed by atoms with Gasteiger partial charge < -0.3 is 9.08 Å². The molecule has 1 amide bonds. The molecule has 2 N–H and O–H groups in total. The van der Waals surface area contributed by atoms with Gasteiger partial charge in [0.05, 0.1) is 23.7 Å². The molecule has 0 aliphatic rings. The van der Waals surface area contributed by atoms with Crippen LogP contribution in [0.25, 0.3) is 0 Å². The van der Waals surface area contributed by atoms with Gasteiger partial charge in [-0.3, -0.25) is 9.78 Å². The number of anilines is 1. The summed E-state index contributed by atoms with van der Waals surface area (Å²) in [5, 5.41) is 13.9. The van der Waals surface area contributed by atoms with E-state index < -0.39 is 10.3 Å². The van der Waals surface area contributed by atoms with Gasteiger partial charge >= 0.3 is 10.3 Å². The molecule has 29 heavy (non-hydrogen) atoms. The van der Waals surface area contributed by atoms with Crippen LogP contribution < -0.4 is 14.2 Å². The van der Waals surface area contributed by atoms with Crippen LogP contribution in [0.1, 0.15) is 21.5 Å². The number of hydrogen-bond acceptors (Lipinski definition) is 6. The van der Waals surface area contributed by atoms with Crippen LogP contribution in [0, 0.1) is 11.3 Å². The summed E-state index contributed by atoms with van der Waals surface area (Å²) >= 11 is 0. The quantitative estimate of drug-likeness (QED) is 0.667. The minimum atomic E-state index is -4.11. The maximum Gasteiger partial charge on any atom is 0.380 e. The van der Waals surface area contributed by atoms with Gasteiger partial charge in [-0.2, -0.15) is 18.8 Å². The molecule has 8 nitrogen and oxygen atoms in total.